The monoisotopic (exact) mass is 171 g/mol. The lowest BCUT2D eigenvalue weighted by atomic mass is 9.93. The molecule has 1 fully saturated rings. The SMILES string of the molecule is CCCCC1CCCC1C.CN. The van der Waals surface area contributed by atoms with E-state index in [4.69, 9.17) is 0 Å². The van der Waals surface area contributed by atoms with Crippen LogP contribution in [0.4, 0.5) is 0 Å². The number of nitrogens with two attached hydrogens (primary N) is 1. The molecule has 0 aromatic rings. The predicted molar refractivity (Wildman–Crippen MR) is 56.1 cm³/mol. The third-order valence-electron chi connectivity index (χ3n) is 2.97. The summed E-state index contributed by atoms with van der Waals surface area (Å²) in [5.41, 5.74) is 4.50. The highest BCUT2D eigenvalue weighted by atomic mass is 14.4. The molecule has 2 N–H and O–H groups in total. The van der Waals surface area contributed by atoms with E-state index in [-0.39, 0.29) is 0 Å². The van der Waals surface area contributed by atoms with Crippen molar-refractivity contribution in [3.63, 3.8) is 0 Å². The summed E-state index contributed by atoms with van der Waals surface area (Å²) in [6.07, 6.45) is 8.83. The lowest BCUT2D eigenvalue weighted by molar-refractivity contribution is 0.380. The van der Waals surface area contributed by atoms with Crippen molar-refractivity contribution in [1.82, 2.24) is 0 Å². The second kappa shape index (κ2) is 7.60. The van der Waals surface area contributed by atoms with Gasteiger partial charge in [0, 0.05) is 0 Å². The van der Waals surface area contributed by atoms with Gasteiger partial charge in [0.05, 0.1) is 0 Å². The Morgan fingerprint density at radius 1 is 1.25 bits per heavy atom. The molecule has 0 heterocycles. The average Bonchev–Trinajstić information content (AvgIpc) is 2.51. The van der Waals surface area contributed by atoms with Crippen molar-refractivity contribution in [3.05, 3.63) is 0 Å². The molecule has 0 saturated heterocycles. The zero-order valence-corrected chi connectivity index (χ0v) is 8.97. The van der Waals surface area contributed by atoms with Crippen molar-refractivity contribution in [1.29, 1.82) is 0 Å². The molecule has 1 aliphatic rings. The molecule has 2 unspecified atom stereocenters. The van der Waals surface area contributed by atoms with Gasteiger partial charge in [0.15, 0.2) is 0 Å². The van der Waals surface area contributed by atoms with Gasteiger partial charge in [-0.3, -0.25) is 0 Å². The Bertz CT molecular complexity index is 91.0. The van der Waals surface area contributed by atoms with Crippen LogP contribution in [-0.2, 0) is 0 Å². The maximum absolute atomic E-state index is 4.50. The van der Waals surface area contributed by atoms with Crippen LogP contribution >= 0.6 is 0 Å². The minimum atomic E-state index is 1.03. The van der Waals surface area contributed by atoms with E-state index >= 15 is 0 Å². The van der Waals surface area contributed by atoms with Crippen molar-refractivity contribution in [2.45, 2.75) is 52.4 Å². The van der Waals surface area contributed by atoms with Gasteiger partial charge in [0.25, 0.3) is 0 Å². The maximum Gasteiger partial charge on any atom is -0.0195 e. The molecule has 0 bridgehead atoms. The molecule has 1 heteroatoms. The third kappa shape index (κ3) is 4.10. The number of rotatable bonds is 3. The molecule has 1 saturated carbocycles. The minimum Gasteiger partial charge on any atom is -0.333 e. The van der Waals surface area contributed by atoms with Crippen molar-refractivity contribution < 1.29 is 0 Å². The van der Waals surface area contributed by atoms with Gasteiger partial charge in [-0.1, -0.05) is 52.4 Å². The zero-order chi connectivity index (χ0) is 9.40. The highest BCUT2D eigenvalue weighted by Crippen LogP contribution is 2.34. The highest BCUT2D eigenvalue weighted by Gasteiger charge is 2.21. The van der Waals surface area contributed by atoms with Gasteiger partial charge in [-0.15, -0.1) is 0 Å². The van der Waals surface area contributed by atoms with Crippen LogP contribution in [0.5, 0.6) is 0 Å². The molecule has 0 amide bonds. The van der Waals surface area contributed by atoms with Crippen LogP contribution in [-0.4, -0.2) is 7.05 Å². The molecule has 1 nitrogen and oxygen atoms in total. The van der Waals surface area contributed by atoms with Gasteiger partial charge in [-0.25, -0.2) is 0 Å². The van der Waals surface area contributed by atoms with E-state index < -0.39 is 0 Å². The first kappa shape index (κ1) is 12.0. The lowest BCUT2D eigenvalue weighted by Crippen LogP contribution is -2.02. The molecule has 74 valence electrons. The zero-order valence-electron chi connectivity index (χ0n) is 8.97. The Morgan fingerprint density at radius 2 is 1.92 bits per heavy atom. The second-order valence-corrected chi connectivity index (χ2v) is 3.81. The molecule has 1 aliphatic carbocycles. The van der Waals surface area contributed by atoms with Gasteiger partial charge in [-0.2, -0.15) is 0 Å². The normalized spacial score (nSPS) is 28.0. The van der Waals surface area contributed by atoms with E-state index in [1.807, 2.05) is 0 Å². The van der Waals surface area contributed by atoms with E-state index in [0.717, 1.165) is 11.8 Å². The van der Waals surface area contributed by atoms with Crippen LogP contribution in [0.2, 0.25) is 0 Å². The minimum absolute atomic E-state index is 1.03. The first-order valence-corrected chi connectivity index (χ1v) is 5.42. The van der Waals surface area contributed by atoms with Crippen LogP contribution < -0.4 is 5.73 Å². The number of hydrogen-bond donors (Lipinski definition) is 1. The van der Waals surface area contributed by atoms with Crippen molar-refractivity contribution in [2.24, 2.45) is 17.6 Å². The molecule has 0 aromatic heterocycles. The summed E-state index contributed by atoms with van der Waals surface area (Å²) in [5, 5.41) is 0. The standard InChI is InChI=1S/C10H20.CH5N/c1-3-4-7-10-8-5-6-9(10)2;1-2/h9-10H,3-8H2,1-2H3;2H2,1H3. The Hall–Kier alpha value is -0.0400. The summed E-state index contributed by atoms with van der Waals surface area (Å²) >= 11 is 0. The fourth-order valence-electron chi connectivity index (χ4n) is 2.12. The van der Waals surface area contributed by atoms with E-state index in [1.54, 1.807) is 0 Å². The largest absolute Gasteiger partial charge is 0.333 e. The summed E-state index contributed by atoms with van der Waals surface area (Å²) < 4.78 is 0. The van der Waals surface area contributed by atoms with Crippen molar-refractivity contribution in [2.75, 3.05) is 7.05 Å². The van der Waals surface area contributed by atoms with E-state index in [1.165, 1.54) is 45.6 Å². The smallest absolute Gasteiger partial charge is 0.0195 e. The first-order valence-electron chi connectivity index (χ1n) is 5.42. The molecule has 1 rings (SSSR count). The van der Waals surface area contributed by atoms with Gasteiger partial charge >= 0.3 is 0 Å². The molecule has 2 atom stereocenters. The third-order valence-corrected chi connectivity index (χ3v) is 2.97. The topological polar surface area (TPSA) is 26.0 Å². The molecule has 0 spiro atoms. The predicted octanol–water partition coefficient (Wildman–Crippen LogP) is 3.19. The van der Waals surface area contributed by atoms with Crippen molar-refractivity contribution in [3.8, 4) is 0 Å². The number of hydrogen-bond acceptors (Lipinski definition) is 1. The van der Waals surface area contributed by atoms with Crippen LogP contribution in [0.25, 0.3) is 0 Å². The fourth-order valence-corrected chi connectivity index (χ4v) is 2.12. The van der Waals surface area contributed by atoms with Gasteiger partial charge in [0.1, 0.15) is 0 Å². The quantitative estimate of drug-likeness (QED) is 0.693. The van der Waals surface area contributed by atoms with Gasteiger partial charge in [-0.05, 0) is 18.9 Å². The van der Waals surface area contributed by atoms with Crippen LogP contribution in [0.1, 0.15) is 52.4 Å². The average molecular weight is 171 g/mol. The molecule has 12 heavy (non-hydrogen) atoms. The molecular formula is C11H25N. The van der Waals surface area contributed by atoms with Crippen LogP contribution in [0.3, 0.4) is 0 Å². The second-order valence-electron chi connectivity index (χ2n) is 3.81. The summed E-state index contributed by atoms with van der Waals surface area (Å²) in [6.45, 7) is 4.72. The molecule has 0 aliphatic heterocycles. The van der Waals surface area contributed by atoms with Crippen LogP contribution in [0.15, 0.2) is 0 Å². The Kier molecular flexibility index (Phi) is 7.58. The van der Waals surface area contributed by atoms with E-state index in [9.17, 15) is 0 Å². The number of unbranched alkanes of at least 4 members (excludes halogenated alkanes) is 1. The summed E-state index contributed by atoms with van der Waals surface area (Å²) in [4.78, 5) is 0. The summed E-state index contributed by atoms with van der Waals surface area (Å²) in [6, 6.07) is 0. The molecular weight excluding hydrogens is 146 g/mol. The van der Waals surface area contributed by atoms with Crippen molar-refractivity contribution >= 4 is 0 Å². The summed E-state index contributed by atoms with van der Waals surface area (Å²) in [5.74, 6) is 2.12. The van der Waals surface area contributed by atoms with Crippen LogP contribution in [0, 0.1) is 11.8 Å². The summed E-state index contributed by atoms with van der Waals surface area (Å²) in [7, 11) is 1.50. The van der Waals surface area contributed by atoms with Gasteiger partial charge in [0.2, 0.25) is 0 Å². The molecule has 0 aromatic carbocycles. The Morgan fingerprint density at radius 3 is 2.33 bits per heavy atom. The fraction of sp³-hybridized carbons (Fsp3) is 1.00. The van der Waals surface area contributed by atoms with E-state index in [0.29, 0.717) is 0 Å². The highest BCUT2D eigenvalue weighted by molar-refractivity contribution is 4.73. The Labute approximate surface area is 77.7 Å². The van der Waals surface area contributed by atoms with Gasteiger partial charge < -0.3 is 5.73 Å². The Balaban J connectivity index is 0.000000561. The van der Waals surface area contributed by atoms with E-state index in [2.05, 4.69) is 19.6 Å². The maximum atomic E-state index is 4.50. The first-order chi connectivity index (χ1) is 5.84. The molecule has 0 radical (unpaired) electrons. The lowest BCUT2D eigenvalue weighted by Gasteiger charge is -2.13.